The SMILES string of the molecule is C#CCCC1(CCC(=O)Nc2ccc(C(=O)O)c(C)c2)N=N1. The molecule has 0 saturated heterocycles. The van der Waals surface area contributed by atoms with Gasteiger partial charge in [-0.25, -0.2) is 4.79 Å². The number of benzene rings is 1. The predicted octanol–water partition coefficient (Wildman–Crippen LogP) is 2.99. The second kappa shape index (κ2) is 6.39. The number of carbonyl (C=O) groups is 2. The van der Waals surface area contributed by atoms with E-state index in [9.17, 15) is 9.59 Å². The average Bonchev–Trinajstić information content (AvgIpc) is 3.23. The highest BCUT2D eigenvalue weighted by Gasteiger charge is 2.39. The standard InChI is InChI=1S/C16H17N3O3/c1-3-4-8-16(18-19-16)9-7-14(20)17-12-5-6-13(15(21)22)11(2)10-12/h1,5-6,10H,4,7-9H2,2H3,(H,17,20)(H,21,22). The number of aryl methyl sites for hydroxylation is 1. The molecule has 1 aliphatic heterocycles. The predicted molar refractivity (Wildman–Crippen MR) is 81.7 cm³/mol. The van der Waals surface area contributed by atoms with E-state index in [0.717, 1.165) is 0 Å². The topological polar surface area (TPSA) is 91.1 Å². The van der Waals surface area contributed by atoms with Crippen LogP contribution in [0.4, 0.5) is 5.69 Å². The van der Waals surface area contributed by atoms with E-state index in [4.69, 9.17) is 11.5 Å². The summed E-state index contributed by atoms with van der Waals surface area (Å²) < 4.78 is 0. The molecule has 2 N–H and O–H groups in total. The lowest BCUT2D eigenvalue weighted by molar-refractivity contribution is -0.116. The molecular weight excluding hydrogens is 282 g/mol. The average molecular weight is 299 g/mol. The van der Waals surface area contributed by atoms with Crippen molar-refractivity contribution >= 4 is 17.6 Å². The molecule has 1 aromatic carbocycles. The largest absolute Gasteiger partial charge is 0.478 e. The first-order valence-electron chi connectivity index (χ1n) is 6.97. The summed E-state index contributed by atoms with van der Waals surface area (Å²) in [6.45, 7) is 1.69. The first-order chi connectivity index (χ1) is 10.5. The first kappa shape index (κ1) is 15.7. The third kappa shape index (κ3) is 3.92. The number of amides is 1. The van der Waals surface area contributed by atoms with Gasteiger partial charge < -0.3 is 10.4 Å². The Kier molecular flexibility index (Phi) is 4.56. The van der Waals surface area contributed by atoms with Crippen LogP contribution in [-0.2, 0) is 4.79 Å². The Hall–Kier alpha value is -2.68. The first-order valence-corrected chi connectivity index (χ1v) is 6.97. The molecule has 114 valence electrons. The van der Waals surface area contributed by atoms with Crippen molar-refractivity contribution in [2.75, 3.05) is 5.32 Å². The molecule has 0 unspecified atom stereocenters. The summed E-state index contributed by atoms with van der Waals surface area (Å²) in [5, 5.41) is 19.7. The molecule has 1 aliphatic rings. The molecule has 0 bridgehead atoms. The second-order valence-electron chi connectivity index (χ2n) is 5.27. The van der Waals surface area contributed by atoms with Gasteiger partial charge in [0.15, 0.2) is 5.66 Å². The van der Waals surface area contributed by atoms with E-state index in [0.29, 0.717) is 30.5 Å². The number of nitrogens with zero attached hydrogens (tertiary/aromatic N) is 2. The molecule has 0 aliphatic carbocycles. The fourth-order valence-electron chi connectivity index (χ4n) is 2.19. The summed E-state index contributed by atoms with van der Waals surface area (Å²) in [7, 11) is 0. The lowest BCUT2D eigenvalue weighted by Crippen LogP contribution is -2.17. The van der Waals surface area contributed by atoms with Crippen molar-refractivity contribution in [3.05, 3.63) is 29.3 Å². The van der Waals surface area contributed by atoms with Crippen molar-refractivity contribution in [1.29, 1.82) is 0 Å². The van der Waals surface area contributed by atoms with Crippen molar-refractivity contribution in [3.8, 4) is 12.3 Å². The quantitative estimate of drug-likeness (QED) is 0.758. The summed E-state index contributed by atoms with van der Waals surface area (Å²) in [5.41, 5.74) is 0.937. The molecule has 0 fully saturated rings. The van der Waals surface area contributed by atoms with Crippen molar-refractivity contribution in [1.82, 2.24) is 0 Å². The van der Waals surface area contributed by atoms with Crippen LogP contribution in [0.2, 0.25) is 0 Å². The number of carbonyl (C=O) groups excluding carboxylic acids is 1. The Morgan fingerprint density at radius 1 is 1.36 bits per heavy atom. The van der Waals surface area contributed by atoms with Crippen molar-refractivity contribution in [3.63, 3.8) is 0 Å². The van der Waals surface area contributed by atoms with Gasteiger partial charge >= 0.3 is 5.97 Å². The molecule has 0 spiro atoms. The zero-order chi connectivity index (χ0) is 16.2. The molecule has 1 heterocycles. The summed E-state index contributed by atoms with van der Waals surface area (Å²) in [5.74, 6) is 1.41. The van der Waals surface area contributed by atoms with Crippen LogP contribution in [0.1, 0.15) is 41.6 Å². The van der Waals surface area contributed by atoms with E-state index in [1.54, 1.807) is 19.1 Å². The third-order valence-electron chi connectivity index (χ3n) is 3.55. The maximum absolute atomic E-state index is 11.9. The molecule has 6 nitrogen and oxygen atoms in total. The number of nitrogens with one attached hydrogen (secondary N) is 1. The van der Waals surface area contributed by atoms with Gasteiger partial charge in [-0.1, -0.05) is 0 Å². The number of anilines is 1. The van der Waals surface area contributed by atoms with Gasteiger partial charge in [0.1, 0.15) is 0 Å². The summed E-state index contributed by atoms with van der Waals surface area (Å²) >= 11 is 0. The number of terminal acetylenes is 1. The number of hydrogen-bond acceptors (Lipinski definition) is 4. The minimum absolute atomic E-state index is 0.153. The molecule has 0 atom stereocenters. The Morgan fingerprint density at radius 3 is 2.64 bits per heavy atom. The van der Waals surface area contributed by atoms with Gasteiger partial charge in [-0.3, -0.25) is 4.79 Å². The molecule has 1 aromatic rings. The van der Waals surface area contributed by atoms with Crippen LogP contribution in [0, 0.1) is 19.3 Å². The lowest BCUT2D eigenvalue weighted by Gasteiger charge is -2.10. The monoisotopic (exact) mass is 299 g/mol. The fourth-order valence-corrected chi connectivity index (χ4v) is 2.19. The van der Waals surface area contributed by atoms with Crippen LogP contribution < -0.4 is 5.32 Å². The zero-order valence-corrected chi connectivity index (χ0v) is 12.3. The van der Waals surface area contributed by atoms with Gasteiger partial charge in [0, 0.05) is 31.4 Å². The molecule has 0 saturated carbocycles. The Balaban J connectivity index is 1.86. The van der Waals surface area contributed by atoms with Crippen LogP contribution in [0.3, 0.4) is 0 Å². The van der Waals surface area contributed by atoms with Crippen LogP contribution in [0.5, 0.6) is 0 Å². The highest BCUT2D eigenvalue weighted by Crippen LogP contribution is 2.37. The van der Waals surface area contributed by atoms with Crippen molar-refractivity contribution in [2.24, 2.45) is 10.2 Å². The Morgan fingerprint density at radius 2 is 2.09 bits per heavy atom. The number of hydrogen-bond donors (Lipinski definition) is 2. The van der Waals surface area contributed by atoms with E-state index in [2.05, 4.69) is 21.5 Å². The molecule has 0 aromatic heterocycles. The van der Waals surface area contributed by atoms with Crippen LogP contribution in [0.15, 0.2) is 28.4 Å². The highest BCUT2D eigenvalue weighted by atomic mass is 16.4. The molecular formula is C16H17N3O3. The van der Waals surface area contributed by atoms with Crippen molar-refractivity contribution in [2.45, 2.75) is 38.3 Å². The molecule has 1 amide bonds. The van der Waals surface area contributed by atoms with Crippen LogP contribution >= 0.6 is 0 Å². The Bertz CT molecular complexity index is 668. The smallest absolute Gasteiger partial charge is 0.335 e. The Labute approximate surface area is 128 Å². The lowest BCUT2D eigenvalue weighted by atomic mass is 10.0. The number of carboxylic acid groups (broad SMARTS) is 1. The fraction of sp³-hybridized carbons (Fsp3) is 0.375. The van der Waals surface area contributed by atoms with Crippen LogP contribution in [-0.4, -0.2) is 22.6 Å². The van der Waals surface area contributed by atoms with Gasteiger partial charge in [0.25, 0.3) is 0 Å². The van der Waals surface area contributed by atoms with Gasteiger partial charge in [0.2, 0.25) is 5.91 Å². The van der Waals surface area contributed by atoms with Crippen molar-refractivity contribution < 1.29 is 14.7 Å². The van der Waals surface area contributed by atoms with E-state index in [1.165, 1.54) is 6.07 Å². The molecule has 0 radical (unpaired) electrons. The summed E-state index contributed by atoms with van der Waals surface area (Å²) in [6.07, 6.45) is 7.30. The number of aromatic carboxylic acids is 1. The maximum atomic E-state index is 11.9. The number of rotatable bonds is 7. The minimum atomic E-state index is -0.984. The van der Waals surface area contributed by atoms with E-state index in [-0.39, 0.29) is 17.9 Å². The maximum Gasteiger partial charge on any atom is 0.335 e. The van der Waals surface area contributed by atoms with Crippen LogP contribution in [0.25, 0.3) is 0 Å². The third-order valence-corrected chi connectivity index (χ3v) is 3.55. The zero-order valence-electron chi connectivity index (χ0n) is 12.3. The summed E-state index contributed by atoms with van der Waals surface area (Å²) in [6, 6.07) is 4.70. The molecule has 2 rings (SSSR count). The summed E-state index contributed by atoms with van der Waals surface area (Å²) in [4.78, 5) is 22.9. The van der Waals surface area contributed by atoms with Gasteiger partial charge in [-0.15, -0.1) is 12.3 Å². The van der Waals surface area contributed by atoms with Gasteiger partial charge in [-0.05, 0) is 30.7 Å². The van der Waals surface area contributed by atoms with E-state index < -0.39 is 11.6 Å². The highest BCUT2D eigenvalue weighted by molar-refractivity contribution is 5.93. The molecule has 22 heavy (non-hydrogen) atoms. The number of carboxylic acids is 1. The van der Waals surface area contributed by atoms with E-state index in [1.807, 2.05) is 0 Å². The van der Waals surface area contributed by atoms with E-state index >= 15 is 0 Å². The normalized spacial score (nSPS) is 14.2. The van der Waals surface area contributed by atoms with Gasteiger partial charge in [-0.2, -0.15) is 10.2 Å². The minimum Gasteiger partial charge on any atom is -0.478 e. The van der Waals surface area contributed by atoms with Gasteiger partial charge in [0.05, 0.1) is 5.56 Å². The second-order valence-corrected chi connectivity index (χ2v) is 5.27. The molecule has 6 heteroatoms.